The third-order valence-corrected chi connectivity index (χ3v) is 4.49. The van der Waals surface area contributed by atoms with Crippen molar-refractivity contribution in [3.63, 3.8) is 0 Å². The summed E-state index contributed by atoms with van der Waals surface area (Å²) >= 11 is 3.43. The van der Waals surface area contributed by atoms with Crippen LogP contribution >= 0.6 is 15.9 Å². The van der Waals surface area contributed by atoms with Crippen LogP contribution in [0.1, 0.15) is 21.5 Å². The summed E-state index contributed by atoms with van der Waals surface area (Å²) in [6, 6.07) is 19.5. The second kappa shape index (κ2) is 9.75. The van der Waals surface area contributed by atoms with Crippen molar-refractivity contribution in [1.82, 2.24) is 5.43 Å². The average molecular weight is 455 g/mol. The molecule has 0 unspecified atom stereocenters. The van der Waals surface area contributed by atoms with Crippen LogP contribution in [0.15, 0.2) is 76.3 Å². The van der Waals surface area contributed by atoms with Gasteiger partial charge in [-0.1, -0.05) is 40.2 Å². The number of phenols is 1. The van der Waals surface area contributed by atoms with Crippen molar-refractivity contribution in [2.75, 3.05) is 7.11 Å². The van der Waals surface area contributed by atoms with E-state index in [1.165, 1.54) is 19.4 Å². The lowest BCUT2D eigenvalue weighted by Gasteiger charge is -2.10. The zero-order valence-corrected chi connectivity index (χ0v) is 17.2. The maximum Gasteiger partial charge on any atom is 0.275 e. The standard InChI is InChI=1S/C22H19BrN2O4/c1-28-21-12-15(9-10-19(21)26)13-24-25-22(27)18-7-2-3-8-20(18)29-14-16-5-4-6-17(23)11-16/h2-13,26H,14H2,1H3,(H,25,27). The number of carbonyl (C=O) groups is 1. The van der Waals surface area contributed by atoms with Gasteiger partial charge in [-0.05, 0) is 53.6 Å². The molecule has 0 saturated carbocycles. The Balaban J connectivity index is 1.66. The average Bonchev–Trinajstić information content (AvgIpc) is 2.73. The topological polar surface area (TPSA) is 80.2 Å². The summed E-state index contributed by atoms with van der Waals surface area (Å²) in [6.07, 6.45) is 1.46. The van der Waals surface area contributed by atoms with Crippen molar-refractivity contribution >= 4 is 28.1 Å². The predicted octanol–water partition coefficient (Wildman–Crippen LogP) is 4.51. The molecule has 0 radical (unpaired) electrons. The van der Waals surface area contributed by atoms with Gasteiger partial charge in [0.2, 0.25) is 0 Å². The van der Waals surface area contributed by atoms with E-state index in [4.69, 9.17) is 9.47 Å². The molecule has 3 aromatic carbocycles. The molecule has 1 amide bonds. The van der Waals surface area contributed by atoms with E-state index < -0.39 is 5.91 Å². The fourth-order valence-corrected chi connectivity index (χ4v) is 3.01. The molecule has 0 aliphatic rings. The SMILES string of the molecule is COc1cc(C=NNC(=O)c2ccccc2OCc2cccc(Br)c2)ccc1O. The zero-order chi connectivity index (χ0) is 20.6. The molecule has 2 N–H and O–H groups in total. The van der Waals surface area contributed by atoms with E-state index in [1.807, 2.05) is 24.3 Å². The van der Waals surface area contributed by atoms with Crippen LogP contribution < -0.4 is 14.9 Å². The third kappa shape index (κ3) is 5.58. The van der Waals surface area contributed by atoms with E-state index >= 15 is 0 Å². The van der Waals surface area contributed by atoms with Gasteiger partial charge in [0.1, 0.15) is 12.4 Å². The van der Waals surface area contributed by atoms with Crippen molar-refractivity contribution in [2.24, 2.45) is 5.10 Å². The summed E-state index contributed by atoms with van der Waals surface area (Å²) < 4.78 is 11.8. The molecule has 0 aliphatic carbocycles. The second-order valence-electron chi connectivity index (χ2n) is 6.05. The van der Waals surface area contributed by atoms with Gasteiger partial charge < -0.3 is 14.6 Å². The summed E-state index contributed by atoms with van der Waals surface area (Å²) in [5, 5.41) is 13.6. The Morgan fingerprint density at radius 2 is 1.93 bits per heavy atom. The Labute approximate surface area is 176 Å². The van der Waals surface area contributed by atoms with Gasteiger partial charge in [-0.25, -0.2) is 5.43 Å². The molecule has 6 nitrogen and oxygen atoms in total. The highest BCUT2D eigenvalue weighted by atomic mass is 79.9. The van der Waals surface area contributed by atoms with E-state index in [0.717, 1.165) is 10.0 Å². The fourth-order valence-electron chi connectivity index (χ4n) is 2.57. The number of aromatic hydroxyl groups is 1. The lowest BCUT2D eigenvalue weighted by Crippen LogP contribution is -2.18. The highest BCUT2D eigenvalue weighted by Gasteiger charge is 2.11. The van der Waals surface area contributed by atoms with Crippen molar-refractivity contribution in [1.29, 1.82) is 0 Å². The molecule has 0 fully saturated rings. The quantitative estimate of drug-likeness (QED) is 0.406. The smallest absolute Gasteiger partial charge is 0.275 e. The third-order valence-electron chi connectivity index (χ3n) is 4.00. The Hall–Kier alpha value is -3.32. The summed E-state index contributed by atoms with van der Waals surface area (Å²) in [5.41, 5.74) is 4.51. The maximum absolute atomic E-state index is 12.5. The first kappa shape index (κ1) is 20.4. The number of halogens is 1. The van der Waals surface area contributed by atoms with Crippen LogP contribution in [0.4, 0.5) is 0 Å². The molecule has 0 bridgehead atoms. The molecule has 0 spiro atoms. The van der Waals surface area contributed by atoms with Gasteiger partial charge >= 0.3 is 0 Å². The van der Waals surface area contributed by atoms with E-state index in [9.17, 15) is 9.90 Å². The molecule has 0 saturated heterocycles. The number of para-hydroxylation sites is 1. The number of carbonyl (C=O) groups excluding carboxylic acids is 1. The number of hydrazone groups is 1. The van der Waals surface area contributed by atoms with Crippen molar-refractivity contribution in [2.45, 2.75) is 6.61 Å². The molecule has 148 valence electrons. The number of rotatable bonds is 7. The van der Waals surface area contributed by atoms with Gasteiger partial charge in [0.25, 0.3) is 5.91 Å². The number of nitrogens with zero attached hydrogens (tertiary/aromatic N) is 1. The highest BCUT2D eigenvalue weighted by Crippen LogP contribution is 2.25. The number of nitrogens with one attached hydrogen (secondary N) is 1. The molecule has 7 heteroatoms. The van der Waals surface area contributed by atoms with Crippen LogP contribution in [-0.4, -0.2) is 24.3 Å². The van der Waals surface area contributed by atoms with Crippen molar-refractivity contribution in [3.8, 4) is 17.2 Å². The van der Waals surface area contributed by atoms with Crippen LogP contribution in [0.3, 0.4) is 0 Å². The van der Waals surface area contributed by atoms with Gasteiger partial charge in [-0.15, -0.1) is 0 Å². The molecule has 3 rings (SSSR count). The number of ether oxygens (including phenoxy) is 2. The van der Waals surface area contributed by atoms with Crippen LogP contribution in [0.2, 0.25) is 0 Å². The minimum Gasteiger partial charge on any atom is -0.504 e. The minimum atomic E-state index is -0.392. The van der Waals surface area contributed by atoms with Crippen molar-refractivity contribution in [3.05, 3.63) is 87.9 Å². The van der Waals surface area contributed by atoms with Gasteiger partial charge in [0.05, 0.1) is 18.9 Å². The van der Waals surface area contributed by atoms with E-state index in [-0.39, 0.29) is 5.75 Å². The van der Waals surface area contributed by atoms with Crippen LogP contribution in [-0.2, 0) is 6.61 Å². The molecule has 0 atom stereocenters. The Morgan fingerprint density at radius 1 is 1.10 bits per heavy atom. The molecule has 0 aromatic heterocycles. The first-order chi connectivity index (χ1) is 14.1. The van der Waals surface area contributed by atoms with Crippen LogP contribution in [0, 0.1) is 0 Å². The number of hydrogen-bond acceptors (Lipinski definition) is 5. The Bertz CT molecular complexity index is 1040. The van der Waals surface area contributed by atoms with Gasteiger partial charge in [-0.3, -0.25) is 4.79 Å². The lowest BCUT2D eigenvalue weighted by molar-refractivity contribution is 0.0950. The largest absolute Gasteiger partial charge is 0.504 e. The maximum atomic E-state index is 12.5. The monoisotopic (exact) mass is 454 g/mol. The molecular weight excluding hydrogens is 436 g/mol. The summed E-state index contributed by atoms with van der Waals surface area (Å²) in [6.45, 7) is 0.334. The van der Waals surface area contributed by atoms with E-state index in [1.54, 1.807) is 36.4 Å². The van der Waals surface area contributed by atoms with E-state index in [2.05, 4.69) is 26.5 Å². The van der Waals surface area contributed by atoms with Crippen LogP contribution in [0.25, 0.3) is 0 Å². The highest BCUT2D eigenvalue weighted by molar-refractivity contribution is 9.10. The van der Waals surface area contributed by atoms with Crippen molar-refractivity contribution < 1.29 is 19.4 Å². The molecule has 29 heavy (non-hydrogen) atoms. The number of methoxy groups -OCH3 is 1. The Morgan fingerprint density at radius 3 is 2.72 bits per heavy atom. The molecular formula is C22H19BrN2O4. The molecule has 0 heterocycles. The fraction of sp³-hybridized carbons (Fsp3) is 0.0909. The lowest BCUT2D eigenvalue weighted by atomic mass is 10.2. The molecule has 0 aliphatic heterocycles. The van der Waals surface area contributed by atoms with Crippen LogP contribution in [0.5, 0.6) is 17.2 Å². The zero-order valence-electron chi connectivity index (χ0n) is 15.6. The summed E-state index contributed by atoms with van der Waals surface area (Å²) in [4.78, 5) is 12.5. The summed E-state index contributed by atoms with van der Waals surface area (Å²) in [5.74, 6) is 0.431. The second-order valence-corrected chi connectivity index (χ2v) is 6.96. The van der Waals surface area contributed by atoms with Gasteiger partial charge in [0, 0.05) is 4.47 Å². The van der Waals surface area contributed by atoms with Gasteiger partial charge in [-0.2, -0.15) is 5.10 Å². The summed E-state index contributed by atoms with van der Waals surface area (Å²) in [7, 11) is 1.46. The minimum absolute atomic E-state index is 0.0326. The van der Waals surface area contributed by atoms with E-state index in [0.29, 0.717) is 29.2 Å². The number of benzene rings is 3. The first-order valence-electron chi connectivity index (χ1n) is 8.73. The number of hydrogen-bond donors (Lipinski definition) is 2. The number of amides is 1. The normalized spacial score (nSPS) is 10.7. The first-order valence-corrected chi connectivity index (χ1v) is 9.53. The predicted molar refractivity (Wildman–Crippen MR) is 115 cm³/mol. The van der Waals surface area contributed by atoms with Gasteiger partial charge in [0.15, 0.2) is 11.5 Å². The number of phenolic OH excluding ortho intramolecular Hbond substituents is 1. The Kier molecular flexibility index (Phi) is 6.86. The molecule has 3 aromatic rings.